The Bertz CT molecular complexity index is 601. The Morgan fingerprint density at radius 2 is 1.63 bits per heavy atom. The lowest BCUT2D eigenvalue weighted by Crippen LogP contribution is -1.95. The zero-order chi connectivity index (χ0) is 14.0. The molecular formula is C14H10Br3FO. The molecule has 0 aromatic heterocycles. The molecule has 5 heteroatoms. The molecular weight excluding hydrogens is 443 g/mol. The summed E-state index contributed by atoms with van der Waals surface area (Å²) in [6.07, 6.45) is 0. The monoisotopic (exact) mass is 450 g/mol. The van der Waals surface area contributed by atoms with Gasteiger partial charge in [0.1, 0.15) is 11.6 Å². The topological polar surface area (TPSA) is 9.23 Å². The van der Waals surface area contributed by atoms with E-state index in [9.17, 15) is 4.39 Å². The Hall–Kier alpha value is -0.390. The largest absolute Gasteiger partial charge is 0.496 e. The van der Waals surface area contributed by atoms with E-state index in [1.807, 2.05) is 24.3 Å². The summed E-state index contributed by atoms with van der Waals surface area (Å²) in [6, 6.07) is 10.9. The fraction of sp³-hybridized carbons (Fsp3) is 0.143. The molecule has 0 bridgehead atoms. The first kappa shape index (κ1) is 15.0. The molecule has 2 rings (SSSR count). The molecule has 0 saturated heterocycles. The van der Waals surface area contributed by atoms with Crippen LogP contribution in [0.15, 0.2) is 45.3 Å². The average Bonchev–Trinajstić information content (AvgIpc) is 2.41. The van der Waals surface area contributed by atoms with Gasteiger partial charge < -0.3 is 4.74 Å². The number of benzene rings is 2. The smallest absolute Gasteiger partial charge is 0.137 e. The highest BCUT2D eigenvalue weighted by Crippen LogP contribution is 2.36. The van der Waals surface area contributed by atoms with Crippen molar-refractivity contribution in [1.82, 2.24) is 0 Å². The van der Waals surface area contributed by atoms with Gasteiger partial charge >= 0.3 is 0 Å². The molecule has 0 spiro atoms. The highest BCUT2D eigenvalue weighted by molar-refractivity contribution is 9.11. The summed E-state index contributed by atoms with van der Waals surface area (Å²) in [4.78, 5) is -0.0719. The van der Waals surface area contributed by atoms with E-state index < -0.39 is 0 Å². The summed E-state index contributed by atoms with van der Waals surface area (Å²) in [7, 11) is 1.62. The molecule has 0 N–H and O–H groups in total. The molecule has 0 heterocycles. The maximum atomic E-state index is 13.6. The van der Waals surface area contributed by atoms with E-state index >= 15 is 0 Å². The van der Waals surface area contributed by atoms with Gasteiger partial charge in [0, 0.05) is 0 Å². The predicted molar refractivity (Wildman–Crippen MR) is 85.6 cm³/mol. The molecule has 0 aliphatic rings. The number of alkyl halides is 1. The highest BCUT2D eigenvalue weighted by Gasteiger charge is 2.14. The molecule has 0 radical (unpaired) electrons. The third-order valence-corrected chi connectivity index (χ3v) is 5.02. The zero-order valence-corrected chi connectivity index (χ0v) is 14.7. The van der Waals surface area contributed by atoms with Crippen molar-refractivity contribution in [2.45, 2.75) is 4.83 Å². The van der Waals surface area contributed by atoms with Gasteiger partial charge in [0.05, 0.1) is 20.9 Å². The minimum atomic E-state index is -0.269. The van der Waals surface area contributed by atoms with E-state index in [1.165, 1.54) is 6.07 Å². The first-order chi connectivity index (χ1) is 9.02. The van der Waals surface area contributed by atoms with Crippen LogP contribution in [0.4, 0.5) is 4.39 Å². The van der Waals surface area contributed by atoms with Crippen molar-refractivity contribution in [3.05, 3.63) is 62.3 Å². The molecule has 19 heavy (non-hydrogen) atoms. The number of hydrogen-bond donors (Lipinski definition) is 0. The van der Waals surface area contributed by atoms with Gasteiger partial charge in [-0.15, -0.1) is 0 Å². The normalized spacial score (nSPS) is 12.3. The van der Waals surface area contributed by atoms with Gasteiger partial charge in [-0.05, 0) is 67.3 Å². The molecule has 0 amide bonds. The van der Waals surface area contributed by atoms with Crippen molar-refractivity contribution in [2.75, 3.05) is 7.11 Å². The van der Waals surface area contributed by atoms with Crippen LogP contribution < -0.4 is 4.74 Å². The van der Waals surface area contributed by atoms with E-state index in [0.717, 1.165) is 21.3 Å². The van der Waals surface area contributed by atoms with Crippen LogP contribution in [0, 0.1) is 5.82 Å². The predicted octanol–water partition coefficient (Wildman–Crippen LogP) is 5.84. The van der Waals surface area contributed by atoms with Crippen LogP contribution >= 0.6 is 47.8 Å². The fourth-order valence-electron chi connectivity index (χ4n) is 1.70. The van der Waals surface area contributed by atoms with Crippen LogP contribution in [0.3, 0.4) is 0 Å². The lowest BCUT2D eigenvalue weighted by atomic mass is 10.0. The molecule has 2 aromatic carbocycles. The molecule has 1 unspecified atom stereocenters. The quantitative estimate of drug-likeness (QED) is 0.531. The van der Waals surface area contributed by atoms with E-state index in [2.05, 4.69) is 47.8 Å². The Balaban J connectivity index is 2.35. The van der Waals surface area contributed by atoms with Gasteiger partial charge in [0.2, 0.25) is 0 Å². The fourth-order valence-corrected chi connectivity index (χ4v) is 3.08. The highest BCUT2D eigenvalue weighted by atomic mass is 79.9. The number of halogens is 4. The van der Waals surface area contributed by atoms with Crippen molar-refractivity contribution in [3.63, 3.8) is 0 Å². The van der Waals surface area contributed by atoms with Crippen molar-refractivity contribution in [3.8, 4) is 5.75 Å². The number of rotatable bonds is 3. The maximum Gasteiger partial charge on any atom is 0.137 e. The van der Waals surface area contributed by atoms with Crippen LogP contribution in [0.25, 0.3) is 0 Å². The summed E-state index contributed by atoms with van der Waals surface area (Å²) >= 11 is 10.2. The van der Waals surface area contributed by atoms with E-state index in [4.69, 9.17) is 4.74 Å². The lowest BCUT2D eigenvalue weighted by molar-refractivity contribution is 0.412. The molecule has 0 aliphatic carbocycles. The summed E-state index contributed by atoms with van der Waals surface area (Å²) in [5.41, 5.74) is 1.88. The number of hydrogen-bond acceptors (Lipinski definition) is 1. The van der Waals surface area contributed by atoms with Crippen LogP contribution in [0.1, 0.15) is 16.0 Å². The second kappa shape index (κ2) is 6.37. The molecule has 1 nitrogen and oxygen atoms in total. The van der Waals surface area contributed by atoms with Crippen LogP contribution in [0.5, 0.6) is 5.75 Å². The second-order valence-electron chi connectivity index (χ2n) is 3.93. The van der Waals surface area contributed by atoms with E-state index in [0.29, 0.717) is 4.47 Å². The molecule has 0 saturated carbocycles. The van der Waals surface area contributed by atoms with Crippen molar-refractivity contribution in [1.29, 1.82) is 0 Å². The zero-order valence-electron chi connectivity index (χ0n) is 9.96. The number of methoxy groups -OCH3 is 1. The standard InChI is InChI=1S/C14H10Br3FO/c1-19-13-5-3-8(6-11(13)16)14(17)9-2-4-10(15)12(18)7-9/h2-7,14H,1H3. The summed E-state index contributed by atoms with van der Waals surface area (Å²) in [5.74, 6) is 0.500. The minimum Gasteiger partial charge on any atom is -0.496 e. The summed E-state index contributed by atoms with van der Waals surface area (Å²) in [6.45, 7) is 0. The van der Waals surface area contributed by atoms with Gasteiger partial charge in [-0.1, -0.05) is 28.1 Å². The third-order valence-electron chi connectivity index (χ3n) is 2.70. The number of ether oxygens (including phenoxy) is 1. The minimum absolute atomic E-state index is 0.0719. The van der Waals surface area contributed by atoms with Crippen molar-refractivity contribution in [2.24, 2.45) is 0 Å². The lowest BCUT2D eigenvalue weighted by Gasteiger charge is -2.13. The Labute approximate surface area is 136 Å². The van der Waals surface area contributed by atoms with Crippen LogP contribution in [-0.2, 0) is 0 Å². The summed E-state index contributed by atoms with van der Waals surface area (Å²) < 4.78 is 20.1. The van der Waals surface area contributed by atoms with Gasteiger partial charge in [-0.25, -0.2) is 4.39 Å². The van der Waals surface area contributed by atoms with Crippen molar-refractivity contribution >= 4 is 47.8 Å². The van der Waals surface area contributed by atoms with Crippen LogP contribution in [0.2, 0.25) is 0 Å². The van der Waals surface area contributed by atoms with E-state index in [1.54, 1.807) is 13.2 Å². The van der Waals surface area contributed by atoms with E-state index in [-0.39, 0.29) is 10.6 Å². The average molecular weight is 453 g/mol. The van der Waals surface area contributed by atoms with Gasteiger partial charge in [-0.2, -0.15) is 0 Å². The Kier molecular flexibility index (Phi) is 5.03. The first-order valence-corrected chi connectivity index (χ1v) is 7.95. The molecule has 2 aromatic rings. The van der Waals surface area contributed by atoms with Gasteiger partial charge in [0.15, 0.2) is 0 Å². The van der Waals surface area contributed by atoms with Crippen molar-refractivity contribution < 1.29 is 9.13 Å². The second-order valence-corrected chi connectivity index (χ2v) is 6.55. The molecule has 100 valence electrons. The summed E-state index contributed by atoms with van der Waals surface area (Å²) in [5, 5.41) is 0. The van der Waals surface area contributed by atoms with Gasteiger partial charge in [-0.3, -0.25) is 0 Å². The molecule has 1 atom stereocenters. The SMILES string of the molecule is COc1ccc(C(Br)c2ccc(Br)c(F)c2)cc1Br. The Morgan fingerprint density at radius 1 is 1.00 bits per heavy atom. The maximum absolute atomic E-state index is 13.6. The van der Waals surface area contributed by atoms with Gasteiger partial charge in [0.25, 0.3) is 0 Å². The first-order valence-electron chi connectivity index (χ1n) is 5.45. The van der Waals surface area contributed by atoms with Crippen LogP contribution in [-0.4, -0.2) is 7.11 Å². The molecule has 0 aliphatic heterocycles. The molecule has 0 fully saturated rings. The third kappa shape index (κ3) is 3.38. The Morgan fingerprint density at radius 3 is 2.21 bits per heavy atom.